The Morgan fingerprint density at radius 1 is 1.10 bits per heavy atom. The highest BCUT2D eigenvalue weighted by atomic mass is 32.2. The number of sulfone groups is 1. The Morgan fingerprint density at radius 3 is 2.25 bits per heavy atom. The van der Waals surface area contributed by atoms with E-state index in [0.717, 1.165) is 12.8 Å². The molecular formula is C14H26N2O3S. The minimum atomic E-state index is -2.96. The second kappa shape index (κ2) is 6.78. The van der Waals surface area contributed by atoms with Crippen molar-refractivity contribution in [1.82, 2.24) is 10.2 Å². The summed E-state index contributed by atoms with van der Waals surface area (Å²) >= 11 is 0. The SMILES string of the molecule is CCS(=O)(=O)C1CCN(C(=O)NC2CCCCC2)CC1. The average molecular weight is 302 g/mol. The van der Waals surface area contributed by atoms with Gasteiger partial charge in [0.1, 0.15) is 0 Å². The van der Waals surface area contributed by atoms with Crippen LogP contribution in [0.1, 0.15) is 51.9 Å². The van der Waals surface area contributed by atoms with Crippen LogP contribution < -0.4 is 5.32 Å². The van der Waals surface area contributed by atoms with E-state index in [1.54, 1.807) is 11.8 Å². The van der Waals surface area contributed by atoms with Crippen LogP contribution in [0.15, 0.2) is 0 Å². The van der Waals surface area contributed by atoms with E-state index in [4.69, 9.17) is 0 Å². The van der Waals surface area contributed by atoms with Gasteiger partial charge in [0.15, 0.2) is 9.84 Å². The van der Waals surface area contributed by atoms with E-state index in [9.17, 15) is 13.2 Å². The molecule has 2 fully saturated rings. The molecule has 0 aromatic carbocycles. The number of carbonyl (C=O) groups excluding carboxylic acids is 1. The van der Waals surface area contributed by atoms with Crippen LogP contribution >= 0.6 is 0 Å². The molecule has 1 aliphatic carbocycles. The maximum Gasteiger partial charge on any atom is 0.317 e. The highest BCUT2D eigenvalue weighted by Gasteiger charge is 2.30. The summed E-state index contributed by atoms with van der Waals surface area (Å²) in [5.41, 5.74) is 0. The fourth-order valence-electron chi connectivity index (χ4n) is 3.17. The van der Waals surface area contributed by atoms with Crippen LogP contribution in [0.25, 0.3) is 0 Å². The summed E-state index contributed by atoms with van der Waals surface area (Å²) < 4.78 is 23.7. The number of nitrogens with zero attached hydrogens (tertiary/aromatic N) is 1. The Bertz CT molecular complexity index is 422. The van der Waals surface area contributed by atoms with E-state index < -0.39 is 9.84 Å². The maximum absolute atomic E-state index is 12.2. The molecule has 6 heteroatoms. The third-order valence-corrected chi connectivity index (χ3v) is 6.86. The largest absolute Gasteiger partial charge is 0.335 e. The van der Waals surface area contributed by atoms with Crippen molar-refractivity contribution in [3.63, 3.8) is 0 Å². The van der Waals surface area contributed by atoms with Crippen molar-refractivity contribution in [3.05, 3.63) is 0 Å². The lowest BCUT2D eigenvalue weighted by Crippen LogP contribution is -2.50. The number of hydrogen-bond donors (Lipinski definition) is 1. The van der Waals surface area contributed by atoms with Gasteiger partial charge in [0, 0.05) is 24.9 Å². The Balaban J connectivity index is 1.79. The summed E-state index contributed by atoms with van der Waals surface area (Å²) in [6.45, 7) is 2.81. The molecule has 1 heterocycles. The second-order valence-electron chi connectivity index (χ2n) is 5.92. The van der Waals surface area contributed by atoms with Crippen LogP contribution in [-0.2, 0) is 9.84 Å². The lowest BCUT2D eigenvalue weighted by atomic mass is 9.96. The molecule has 1 saturated carbocycles. The standard InChI is InChI=1S/C14H26N2O3S/c1-2-20(18,19)13-8-10-16(11-9-13)14(17)15-12-6-4-3-5-7-12/h12-13H,2-11H2,1H3,(H,15,17). The summed E-state index contributed by atoms with van der Waals surface area (Å²) in [5, 5.41) is 2.84. The fourth-order valence-corrected chi connectivity index (χ4v) is 4.57. The summed E-state index contributed by atoms with van der Waals surface area (Å²) in [4.78, 5) is 13.9. The number of hydrogen-bond acceptors (Lipinski definition) is 3. The predicted molar refractivity (Wildman–Crippen MR) is 79.5 cm³/mol. The Hall–Kier alpha value is -0.780. The van der Waals surface area contributed by atoms with Crippen LogP contribution in [0.5, 0.6) is 0 Å². The molecule has 1 saturated heterocycles. The van der Waals surface area contributed by atoms with Gasteiger partial charge in [0.05, 0.1) is 5.25 Å². The van der Waals surface area contributed by atoms with Crippen molar-refractivity contribution in [3.8, 4) is 0 Å². The summed E-state index contributed by atoms with van der Waals surface area (Å²) in [7, 11) is -2.96. The van der Waals surface area contributed by atoms with Gasteiger partial charge >= 0.3 is 6.03 Å². The smallest absolute Gasteiger partial charge is 0.317 e. The van der Waals surface area contributed by atoms with Crippen LogP contribution in [-0.4, -0.2) is 49.5 Å². The number of urea groups is 1. The van der Waals surface area contributed by atoms with Crippen LogP contribution in [0.3, 0.4) is 0 Å². The quantitative estimate of drug-likeness (QED) is 0.866. The van der Waals surface area contributed by atoms with E-state index in [0.29, 0.717) is 32.0 Å². The van der Waals surface area contributed by atoms with Crippen LogP contribution in [0.2, 0.25) is 0 Å². The van der Waals surface area contributed by atoms with E-state index in [2.05, 4.69) is 5.32 Å². The molecule has 0 aromatic rings. The topological polar surface area (TPSA) is 66.5 Å². The first kappa shape index (κ1) is 15.6. The number of rotatable bonds is 3. The molecule has 0 unspecified atom stereocenters. The number of piperidine rings is 1. The molecule has 1 N–H and O–H groups in total. The Labute approximate surface area is 122 Å². The summed E-state index contributed by atoms with van der Waals surface area (Å²) in [5.74, 6) is 0.200. The van der Waals surface area contributed by atoms with Gasteiger partial charge in [-0.1, -0.05) is 26.2 Å². The van der Waals surface area contributed by atoms with Gasteiger partial charge < -0.3 is 10.2 Å². The normalized spacial score (nSPS) is 22.8. The Morgan fingerprint density at radius 2 is 1.70 bits per heavy atom. The third kappa shape index (κ3) is 3.87. The van der Waals surface area contributed by atoms with Gasteiger partial charge in [-0.25, -0.2) is 13.2 Å². The van der Waals surface area contributed by atoms with Crippen molar-refractivity contribution in [2.24, 2.45) is 0 Å². The highest BCUT2D eigenvalue weighted by Crippen LogP contribution is 2.20. The van der Waals surface area contributed by atoms with Crippen molar-refractivity contribution < 1.29 is 13.2 Å². The third-order valence-electron chi connectivity index (χ3n) is 4.57. The molecule has 116 valence electrons. The van der Waals surface area contributed by atoms with E-state index in [-0.39, 0.29) is 17.0 Å². The molecule has 0 aromatic heterocycles. The molecule has 0 radical (unpaired) electrons. The van der Waals surface area contributed by atoms with Gasteiger partial charge in [-0.15, -0.1) is 0 Å². The molecule has 0 bridgehead atoms. The van der Waals surface area contributed by atoms with Crippen LogP contribution in [0, 0.1) is 0 Å². The zero-order valence-electron chi connectivity index (χ0n) is 12.3. The maximum atomic E-state index is 12.2. The van der Waals surface area contributed by atoms with Gasteiger partial charge in [-0.2, -0.15) is 0 Å². The second-order valence-corrected chi connectivity index (χ2v) is 8.49. The lowest BCUT2D eigenvalue weighted by molar-refractivity contribution is 0.179. The number of carbonyl (C=O) groups is 1. The zero-order chi connectivity index (χ0) is 14.6. The number of likely N-dealkylation sites (tertiary alicyclic amines) is 1. The molecule has 1 aliphatic heterocycles. The minimum absolute atomic E-state index is 0.00996. The number of amides is 2. The van der Waals surface area contributed by atoms with Crippen molar-refractivity contribution in [1.29, 1.82) is 0 Å². The van der Waals surface area contributed by atoms with Crippen LogP contribution in [0.4, 0.5) is 4.79 Å². The Kier molecular flexibility index (Phi) is 5.29. The van der Waals surface area contributed by atoms with Gasteiger partial charge in [-0.3, -0.25) is 0 Å². The van der Waals surface area contributed by atoms with Crippen molar-refractivity contribution >= 4 is 15.9 Å². The molecule has 0 spiro atoms. The summed E-state index contributed by atoms with van der Waals surface area (Å²) in [6.07, 6.45) is 6.97. The van der Waals surface area contributed by atoms with Gasteiger partial charge in [0.25, 0.3) is 0 Å². The lowest BCUT2D eigenvalue weighted by Gasteiger charge is -2.33. The fraction of sp³-hybridized carbons (Fsp3) is 0.929. The van der Waals surface area contributed by atoms with Gasteiger partial charge in [-0.05, 0) is 25.7 Å². The number of nitrogens with one attached hydrogen (secondary N) is 1. The monoisotopic (exact) mass is 302 g/mol. The van der Waals surface area contributed by atoms with Crippen molar-refractivity contribution in [2.45, 2.75) is 63.2 Å². The highest BCUT2D eigenvalue weighted by molar-refractivity contribution is 7.92. The summed E-state index contributed by atoms with van der Waals surface area (Å²) in [6, 6.07) is 0.303. The first-order valence-electron chi connectivity index (χ1n) is 7.80. The molecule has 0 atom stereocenters. The molecule has 2 amide bonds. The average Bonchev–Trinajstić information content (AvgIpc) is 2.48. The zero-order valence-corrected chi connectivity index (χ0v) is 13.1. The molecule has 20 heavy (non-hydrogen) atoms. The predicted octanol–water partition coefficient (Wildman–Crippen LogP) is 1.93. The van der Waals surface area contributed by atoms with E-state index in [1.807, 2.05) is 0 Å². The molecule has 2 rings (SSSR count). The first-order chi connectivity index (χ1) is 9.53. The first-order valence-corrected chi connectivity index (χ1v) is 9.51. The van der Waals surface area contributed by atoms with Gasteiger partial charge in [0.2, 0.25) is 0 Å². The molecule has 5 nitrogen and oxygen atoms in total. The minimum Gasteiger partial charge on any atom is -0.335 e. The van der Waals surface area contributed by atoms with E-state index in [1.165, 1.54) is 19.3 Å². The van der Waals surface area contributed by atoms with E-state index >= 15 is 0 Å². The van der Waals surface area contributed by atoms with Crippen molar-refractivity contribution in [2.75, 3.05) is 18.8 Å². The molecular weight excluding hydrogens is 276 g/mol. The molecule has 2 aliphatic rings.